The summed E-state index contributed by atoms with van der Waals surface area (Å²) in [5, 5.41) is 11.8. The van der Waals surface area contributed by atoms with Crippen LogP contribution in [-0.2, 0) is 20.7 Å². The van der Waals surface area contributed by atoms with Crippen molar-refractivity contribution in [3.05, 3.63) is 17.0 Å². The van der Waals surface area contributed by atoms with Crippen LogP contribution in [0.3, 0.4) is 0 Å². The SMILES string of the molecule is CCCCc1csc(N(CC#N)C(=O)CCC(=O)OCCC)c1. The first-order chi connectivity index (χ1) is 11.1. The monoisotopic (exact) mass is 336 g/mol. The molecular weight excluding hydrogens is 312 g/mol. The van der Waals surface area contributed by atoms with Crippen molar-refractivity contribution in [3.8, 4) is 6.07 Å². The summed E-state index contributed by atoms with van der Waals surface area (Å²) < 4.78 is 4.96. The van der Waals surface area contributed by atoms with E-state index in [0.717, 1.165) is 30.7 Å². The molecule has 1 rings (SSSR count). The van der Waals surface area contributed by atoms with Crippen molar-refractivity contribution in [2.24, 2.45) is 0 Å². The van der Waals surface area contributed by atoms with E-state index in [9.17, 15) is 9.59 Å². The van der Waals surface area contributed by atoms with Crippen LogP contribution in [0.2, 0.25) is 0 Å². The van der Waals surface area contributed by atoms with Crippen molar-refractivity contribution >= 4 is 28.2 Å². The van der Waals surface area contributed by atoms with Crippen LogP contribution in [0, 0.1) is 11.3 Å². The van der Waals surface area contributed by atoms with Crippen molar-refractivity contribution in [1.82, 2.24) is 0 Å². The fraction of sp³-hybridized carbons (Fsp3) is 0.588. The number of thiophene rings is 1. The van der Waals surface area contributed by atoms with Gasteiger partial charge in [0.25, 0.3) is 0 Å². The van der Waals surface area contributed by atoms with Crippen LogP contribution in [0.25, 0.3) is 0 Å². The summed E-state index contributed by atoms with van der Waals surface area (Å²) in [6.07, 6.45) is 4.07. The second-order valence-electron chi connectivity index (χ2n) is 5.26. The number of ether oxygens (including phenoxy) is 1. The Kier molecular flexibility index (Phi) is 9.00. The lowest BCUT2D eigenvalue weighted by Crippen LogP contribution is -2.31. The molecule has 0 radical (unpaired) electrons. The zero-order valence-electron chi connectivity index (χ0n) is 13.8. The van der Waals surface area contributed by atoms with E-state index in [4.69, 9.17) is 10.00 Å². The molecule has 0 N–H and O–H groups in total. The van der Waals surface area contributed by atoms with Gasteiger partial charge in [-0.05, 0) is 36.3 Å². The Morgan fingerprint density at radius 3 is 2.74 bits per heavy atom. The molecule has 126 valence electrons. The number of hydrogen-bond donors (Lipinski definition) is 0. The van der Waals surface area contributed by atoms with E-state index >= 15 is 0 Å². The lowest BCUT2D eigenvalue weighted by Gasteiger charge is -2.17. The number of unbranched alkanes of at least 4 members (excludes halogenated alkanes) is 1. The highest BCUT2D eigenvalue weighted by atomic mass is 32.1. The van der Waals surface area contributed by atoms with Gasteiger partial charge in [-0.2, -0.15) is 5.26 Å². The first-order valence-corrected chi connectivity index (χ1v) is 8.90. The average Bonchev–Trinajstić information content (AvgIpc) is 3.02. The number of anilines is 1. The summed E-state index contributed by atoms with van der Waals surface area (Å²) in [5.41, 5.74) is 1.19. The van der Waals surface area contributed by atoms with Crippen LogP contribution in [0.1, 0.15) is 51.5 Å². The minimum atomic E-state index is -0.369. The molecule has 1 aromatic rings. The molecule has 0 aliphatic carbocycles. The molecule has 0 bridgehead atoms. The Morgan fingerprint density at radius 2 is 2.09 bits per heavy atom. The van der Waals surface area contributed by atoms with Crippen molar-refractivity contribution < 1.29 is 14.3 Å². The summed E-state index contributed by atoms with van der Waals surface area (Å²) in [4.78, 5) is 25.3. The van der Waals surface area contributed by atoms with Crippen LogP contribution >= 0.6 is 11.3 Å². The molecule has 0 unspecified atom stereocenters. The van der Waals surface area contributed by atoms with Gasteiger partial charge in [0.1, 0.15) is 6.54 Å². The van der Waals surface area contributed by atoms with E-state index in [-0.39, 0.29) is 31.3 Å². The van der Waals surface area contributed by atoms with Gasteiger partial charge in [-0.15, -0.1) is 11.3 Å². The highest BCUT2D eigenvalue weighted by Crippen LogP contribution is 2.26. The molecule has 0 aliphatic rings. The molecule has 0 saturated heterocycles. The Labute approximate surface area is 141 Å². The second-order valence-corrected chi connectivity index (χ2v) is 6.14. The molecule has 0 saturated carbocycles. The van der Waals surface area contributed by atoms with Crippen molar-refractivity contribution in [1.29, 1.82) is 5.26 Å². The zero-order valence-corrected chi connectivity index (χ0v) is 14.7. The summed E-state index contributed by atoms with van der Waals surface area (Å²) in [7, 11) is 0. The van der Waals surface area contributed by atoms with Gasteiger partial charge in [0, 0.05) is 6.42 Å². The molecule has 0 aliphatic heterocycles. The molecule has 1 amide bonds. The highest BCUT2D eigenvalue weighted by molar-refractivity contribution is 7.14. The van der Waals surface area contributed by atoms with Crippen LogP contribution < -0.4 is 4.90 Å². The standard InChI is InChI=1S/C17H24N2O3S/c1-3-5-6-14-12-16(23-13-14)19(10-9-18)15(20)7-8-17(21)22-11-4-2/h12-13H,3-8,10-11H2,1-2H3. The van der Waals surface area contributed by atoms with Gasteiger partial charge in [-0.25, -0.2) is 0 Å². The smallest absolute Gasteiger partial charge is 0.306 e. The lowest BCUT2D eigenvalue weighted by atomic mass is 10.1. The van der Waals surface area contributed by atoms with Crippen molar-refractivity contribution in [2.45, 2.75) is 52.4 Å². The van der Waals surface area contributed by atoms with E-state index in [1.54, 1.807) is 0 Å². The fourth-order valence-corrected chi connectivity index (χ4v) is 2.98. The molecular formula is C17H24N2O3S. The number of amides is 1. The Bertz CT molecular complexity index is 548. The third-order valence-electron chi connectivity index (χ3n) is 3.26. The lowest BCUT2D eigenvalue weighted by molar-refractivity contribution is -0.144. The molecule has 0 atom stereocenters. The third kappa shape index (κ3) is 6.83. The minimum Gasteiger partial charge on any atom is -0.466 e. The van der Waals surface area contributed by atoms with Crippen molar-refractivity contribution in [3.63, 3.8) is 0 Å². The Morgan fingerprint density at radius 1 is 1.30 bits per heavy atom. The van der Waals surface area contributed by atoms with Gasteiger partial charge in [-0.3, -0.25) is 14.5 Å². The maximum absolute atomic E-state index is 12.3. The highest BCUT2D eigenvalue weighted by Gasteiger charge is 2.18. The number of carbonyl (C=O) groups excluding carboxylic acids is 2. The Hall–Kier alpha value is -1.87. The van der Waals surface area contributed by atoms with Crippen LogP contribution in [0.4, 0.5) is 5.00 Å². The largest absolute Gasteiger partial charge is 0.466 e. The molecule has 6 heteroatoms. The normalized spacial score (nSPS) is 10.1. The number of aryl methyl sites for hydroxylation is 1. The van der Waals surface area contributed by atoms with Gasteiger partial charge in [0.2, 0.25) is 5.91 Å². The molecule has 0 aromatic carbocycles. The summed E-state index contributed by atoms with van der Waals surface area (Å²) in [6.45, 7) is 4.42. The predicted molar refractivity (Wildman–Crippen MR) is 91.4 cm³/mol. The number of nitriles is 1. The molecule has 1 aromatic heterocycles. The maximum Gasteiger partial charge on any atom is 0.306 e. The summed E-state index contributed by atoms with van der Waals surface area (Å²) >= 11 is 1.46. The van der Waals surface area contributed by atoms with Crippen molar-refractivity contribution in [2.75, 3.05) is 18.1 Å². The molecule has 0 fully saturated rings. The van der Waals surface area contributed by atoms with E-state index in [1.807, 2.05) is 24.4 Å². The van der Waals surface area contributed by atoms with Crippen LogP contribution in [0.5, 0.6) is 0 Å². The molecule has 0 spiro atoms. The topological polar surface area (TPSA) is 70.4 Å². The number of esters is 1. The number of hydrogen-bond acceptors (Lipinski definition) is 5. The maximum atomic E-state index is 12.3. The van der Waals surface area contributed by atoms with E-state index < -0.39 is 0 Å². The molecule has 5 nitrogen and oxygen atoms in total. The van der Waals surface area contributed by atoms with Crippen LogP contribution in [-0.4, -0.2) is 25.0 Å². The predicted octanol–water partition coefficient (Wildman–Crippen LogP) is 3.68. The zero-order chi connectivity index (χ0) is 17.1. The summed E-state index contributed by atoms with van der Waals surface area (Å²) in [5.74, 6) is -0.587. The molecule has 1 heterocycles. The number of nitrogens with zero attached hydrogens (tertiary/aromatic N) is 2. The van der Waals surface area contributed by atoms with Gasteiger partial charge >= 0.3 is 5.97 Å². The van der Waals surface area contributed by atoms with Crippen LogP contribution in [0.15, 0.2) is 11.4 Å². The van der Waals surface area contributed by atoms with Gasteiger partial charge in [0.05, 0.1) is 24.1 Å². The van der Waals surface area contributed by atoms with E-state index in [2.05, 4.69) is 6.92 Å². The van der Waals surface area contributed by atoms with Gasteiger partial charge in [0.15, 0.2) is 0 Å². The molecule has 23 heavy (non-hydrogen) atoms. The number of rotatable bonds is 10. The third-order valence-corrected chi connectivity index (χ3v) is 4.27. The fourth-order valence-electron chi connectivity index (χ4n) is 2.01. The van der Waals surface area contributed by atoms with E-state index in [0.29, 0.717) is 6.61 Å². The van der Waals surface area contributed by atoms with Gasteiger partial charge < -0.3 is 4.74 Å². The summed E-state index contributed by atoms with van der Waals surface area (Å²) in [6, 6.07) is 3.98. The first kappa shape index (κ1) is 19.2. The Balaban J connectivity index is 2.62. The minimum absolute atomic E-state index is 0.00340. The quantitative estimate of drug-likeness (QED) is 0.483. The van der Waals surface area contributed by atoms with Gasteiger partial charge in [-0.1, -0.05) is 20.3 Å². The van der Waals surface area contributed by atoms with E-state index in [1.165, 1.54) is 21.8 Å². The number of carbonyl (C=O) groups is 2. The first-order valence-electron chi connectivity index (χ1n) is 8.02. The second kappa shape index (κ2) is 10.8. The average molecular weight is 336 g/mol.